The topological polar surface area (TPSA) is 46.3 Å². The predicted octanol–water partition coefficient (Wildman–Crippen LogP) is 5.09. The van der Waals surface area contributed by atoms with Gasteiger partial charge in [-0.3, -0.25) is 0 Å². The molecule has 4 nitrogen and oxygen atoms in total. The van der Waals surface area contributed by atoms with Gasteiger partial charge in [0, 0.05) is 23.6 Å². The van der Waals surface area contributed by atoms with Crippen molar-refractivity contribution in [1.29, 1.82) is 0 Å². The molecule has 0 saturated carbocycles. The van der Waals surface area contributed by atoms with Crippen molar-refractivity contribution in [1.82, 2.24) is 10.3 Å². The lowest BCUT2D eigenvalue weighted by Gasteiger charge is -2.13. The third kappa shape index (κ3) is 4.79. The Morgan fingerprint density at radius 2 is 1.69 bits per heavy atom. The fraction of sp³-hybridized carbons (Fsp3) is 0.200. The van der Waals surface area contributed by atoms with Crippen LogP contribution in [0.25, 0.3) is 10.9 Å². The zero-order valence-corrected chi connectivity index (χ0v) is 16.7. The van der Waals surface area contributed by atoms with Gasteiger partial charge in [-0.2, -0.15) is 0 Å². The van der Waals surface area contributed by atoms with Crippen molar-refractivity contribution in [3.8, 4) is 11.5 Å². The van der Waals surface area contributed by atoms with Crippen LogP contribution in [0, 0.1) is 0 Å². The Hall–Kier alpha value is -3.24. The van der Waals surface area contributed by atoms with Crippen molar-refractivity contribution in [3.05, 3.63) is 95.7 Å². The number of nitrogens with one attached hydrogen (secondary N) is 2. The predicted molar refractivity (Wildman–Crippen MR) is 117 cm³/mol. The Morgan fingerprint density at radius 1 is 0.862 bits per heavy atom. The Morgan fingerprint density at radius 3 is 2.55 bits per heavy atom. The first kappa shape index (κ1) is 19.1. The van der Waals surface area contributed by atoms with Crippen molar-refractivity contribution in [3.63, 3.8) is 0 Å². The SMILES string of the molecule is COc1ccc(CNCCc2c[nH]c3ccccc23)cc1OCc1ccccc1. The highest BCUT2D eigenvalue weighted by atomic mass is 16.5. The summed E-state index contributed by atoms with van der Waals surface area (Å²) in [5.41, 5.74) is 4.84. The molecule has 0 aliphatic heterocycles. The minimum Gasteiger partial charge on any atom is -0.493 e. The summed E-state index contributed by atoms with van der Waals surface area (Å²) in [7, 11) is 1.67. The number of fused-ring (bicyclic) bond motifs is 1. The maximum Gasteiger partial charge on any atom is 0.161 e. The average molecular weight is 386 g/mol. The monoisotopic (exact) mass is 386 g/mol. The molecule has 1 aromatic heterocycles. The van der Waals surface area contributed by atoms with E-state index in [0.717, 1.165) is 36.6 Å². The molecule has 0 fully saturated rings. The van der Waals surface area contributed by atoms with Gasteiger partial charge in [-0.1, -0.05) is 54.6 Å². The zero-order chi connectivity index (χ0) is 19.9. The molecule has 0 saturated heterocycles. The van der Waals surface area contributed by atoms with Crippen LogP contribution in [0.15, 0.2) is 79.0 Å². The summed E-state index contributed by atoms with van der Waals surface area (Å²) >= 11 is 0. The van der Waals surface area contributed by atoms with E-state index in [1.54, 1.807) is 7.11 Å². The number of benzene rings is 3. The van der Waals surface area contributed by atoms with Crippen LogP contribution in [-0.2, 0) is 19.6 Å². The first-order valence-electron chi connectivity index (χ1n) is 9.93. The molecule has 4 rings (SSSR count). The minimum absolute atomic E-state index is 0.522. The molecular weight excluding hydrogens is 360 g/mol. The summed E-state index contributed by atoms with van der Waals surface area (Å²) in [5.74, 6) is 1.52. The third-order valence-electron chi connectivity index (χ3n) is 5.04. The van der Waals surface area contributed by atoms with E-state index in [2.05, 4.69) is 65.0 Å². The maximum absolute atomic E-state index is 6.01. The van der Waals surface area contributed by atoms with Crippen molar-refractivity contribution in [2.24, 2.45) is 0 Å². The van der Waals surface area contributed by atoms with Crippen molar-refractivity contribution < 1.29 is 9.47 Å². The van der Waals surface area contributed by atoms with E-state index in [9.17, 15) is 0 Å². The lowest BCUT2D eigenvalue weighted by atomic mass is 10.1. The highest BCUT2D eigenvalue weighted by Gasteiger charge is 2.07. The molecule has 0 radical (unpaired) electrons. The van der Waals surface area contributed by atoms with E-state index >= 15 is 0 Å². The van der Waals surface area contributed by atoms with Gasteiger partial charge in [-0.25, -0.2) is 0 Å². The summed E-state index contributed by atoms with van der Waals surface area (Å²) in [6.07, 6.45) is 3.09. The number of hydrogen-bond donors (Lipinski definition) is 2. The van der Waals surface area contributed by atoms with E-state index in [4.69, 9.17) is 9.47 Å². The molecule has 4 aromatic rings. The quantitative estimate of drug-likeness (QED) is 0.394. The Balaban J connectivity index is 1.33. The fourth-order valence-corrected chi connectivity index (χ4v) is 3.47. The lowest BCUT2D eigenvalue weighted by molar-refractivity contribution is 0.284. The standard InChI is InChI=1S/C25H26N2O2/c1-28-24-12-11-20(15-25(24)29-18-19-7-3-2-4-8-19)16-26-14-13-21-17-27-23-10-6-5-9-22(21)23/h2-12,15,17,26-27H,13-14,16,18H2,1H3. The number of H-pyrrole nitrogens is 1. The van der Waals surface area contributed by atoms with Gasteiger partial charge in [-0.05, 0) is 47.9 Å². The fourth-order valence-electron chi connectivity index (χ4n) is 3.47. The zero-order valence-electron chi connectivity index (χ0n) is 16.7. The third-order valence-corrected chi connectivity index (χ3v) is 5.04. The molecule has 1 heterocycles. The largest absolute Gasteiger partial charge is 0.493 e. The number of aromatic amines is 1. The van der Waals surface area contributed by atoms with Gasteiger partial charge in [-0.15, -0.1) is 0 Å². The smallest absolute Gasteiger partial charge is 0.161 e. The average Bonchev–Trinajstić information content (AvgIpc) is 3.19. The molecule has 4 heteroatoms. The van der Waals surface area contributed by atoms with Gasteiger partial charge in [0.2, 0.25) is 0 Å². The van der Waals surface area contributed by atoms with Crippen LogP contribution in [0.4, 0.5) is 0 Å². The van der Waals surface area contributed by atoms with Crippen LogP contribution in [-0.4, -0.2) is 18.6 Å². The summed E-state index contributed by atoms with van der Waals surface area (Å²) in [6, 6.07) is 24.7. The van der Waals surface area contributed by atoms with E-state index in [1.807, 2.05) is 24.3 Å². The van der Waals surface area contributed by atoms with Gasteiger partial charge in [0.1, 0.15) is 6.61 Å². The second-order valence-corrected chi connectivity index (χ2v) is 7.05. The molecule has 0 atom stereocenters. The molecule has 3 aromatic carbocycles. The Labute approximate surface area is 171 Å². The van der Waals surface area contributed by atoms with Crippen LogP contribution >= 0.6 is 0 Å². The molecule has 148 valence electrons. The first-order chi connectivity index (χ1) is 14.3. The normalized spacial score (nSPS) is 10.9. The maximum atomic E-state index is 6.01. The molecule has 0 amide bonds. The minimum atomic E-state index is 0.522. The molecule has 29 heavy (non-hydrogen) atoms. The summed E-state index contributed by atoms with van der Waals surface area (Å²) < 4.78 is 11.5. The van der Waals surface area contributed by atoms with E-state index in [-0.39, 0.29) is 0 Å². The number of hydrogen-bond acceptors (Lipinski definition) is 3. The summed E-state index contributed by atoms with van der Waals surface area (Å²) in [6.45, 7) is 2.22. The molecule has 0 bridgehead atoms. The summed E-state index contributed by atoms with van der Waals surface area (Å²) in [5, 5.41) is 4.83. The molecule has 0 spiro atoms. The molecule has 0 aliphatic rings. The highest BCUT2D eigenvalue weighted by Crippen LogP contribution is 2.29. The van der Waals surface area contributed by atoms with Crippen LogP contribution in [0.2, 0.25) is 0 Å². The van der Waals surface area contributed by atoms with Crippen molar-refractivity contribution in [2.45, 2.75) is 19.6 Å². The van der Waals surface area contributed by atoms with Gasteiger partial charge in [0.05, 0.1) is 7.11 Å². The lowest BCUT2D eigenvalue weighted by Crippen LogP contribution is -2.16. The van der Waals surface area contributed by atoms with Gasteiger partial charge in [0.25, 0.3) is 0 Å². The summed E-state index contributed by atoms with van der Waals surface area (Å²) in [4.78, 5) is 3.34. The van der Waals surface area contributed by atoms with Gasteiger partial charge < -0.3 is 19.8 Å². The van der Waals surface area contributed by atoms with Gasteiger partial charge >= 0.3 is 0 Å². The molecule has 0 aliphatic carbocycles. The van der Waals surface area contributed by atoms with Crippen LogP contribution < -0.4 is 14.8 Å². The molecular formula is C25H26N2O2. The number of aromatic nitrogens is 1. The number of rotatable bonds is 9. The van der Waals surface area contributed by atoms with Crippen LogP contribution in [0.5, 0.6) is 11.5 Å². The van der Waals surface area contributed by atoms with E-state index in [0.29, 0.717) is 6.61 Å². The van der Waals surface area contributed by atoms with Crippen LogP contribution in [0.3, 0.4) is 0 Å². The highest BCUT2D eigenvalue weighted by molar-refractivity contribution is 5.83. The Bertz CT molecular complexity index is 1060. The van der Waals surface area contributed by atoms with E-state index in [1.165, 1.54) is 22.0 Å². The number of methoxy groups -OCH3 is 1. The molecule has 2 N–H and O–H groups in total. The second-order valence-electron chi connectivity index (χ2n) is 7.05. The number of ether oxygens (including phenoxy) is 2. The second kappa shape index (κ2) is 9.30. The van der Waals surface area contributed by atoms with Gasteiger partial charge in [0.15, 0.2) is 11.5 Å². The Kier molecular flexibility index (Phi) is 6.13. The number of para-hydroxylation sites is 1. The molecule has 0 unspecified atom stereocenters. The van der Waals surface area contributed by atoms with Crippen molar-refractivity contribution >= 4 is 10.9 Å². The van der Waals surface area contributed by atoms with Crippen LogP contribution in [0.1, 0.15) is 16.7 Å². The van der Waals surface area contributed by atoms with Crippen molar-refractivity contribution in [2.75, 3.05) is 13.7 Å². The van der Waals surface area contributed by atoms with E-state index < -0.39 is 0 Å². The first-order valence-corrected chi connectivity index (χ1v) is 9.93.